The molecule has 72 valence electrons. The quantitative estimate of drug-likeness (QED) is 0.597. The molecule has 1 aliphatic rings. The molecule has 1 fully saturated rings. The summed E-state index contributed by atoms with van der Waals surface area (Å²) in [7, 11) is 1.47. The van der Waals surface area contributed by atoms with Gasteiger partial charge in [0.05, 0.1) is 13.0 Å². The molecule has 0 atom stereocenters. The minimum atomic E-state index is -0.0168. The average Bonchev–Trinajstić information content (AvgIpc) is 2.05. The zero-order valence-electron chi connectivity index (χ0n) is 7.71. The lowest BCUT2D eigenvalue weighted by molar-refractivity contribution is -0.146. The number of esters is 1. The lowest BCUT2D eigenvalue weighted by Crippen LogP contribution is -2.21. The molecule has 1 rings (SSSR count). The van der Waals surface area contributed by atoms with Crippen LogP contribution in [0.3, 0.4) is 0 Å². The van der Waals surface area contributed by atoms with Crippen molar-refractivity contribution in [1.29, 1.82) is 0 Å². The van der Waals surface area contributed by atoms with Crippen LogP contribution >= 0.6 is 12.4 Å². The summed E-state index contributed by atoms with van der Waals surface area (Å²) in [5.41, 5.74) is 0. The minimum Gasteiger partial charge on any atom is -0.469 e. The zero-order valence-corrected chi connectivity index (χ0v) is 8.52. The van der Waals surface area contributed by atoms with Crippen molar-refractivity contribution in [1.82, 2.24) is 0 Å². The first-order valence-corrected chi connectivity index (χ1v) is 4.32. The SMILES string of the molecule is COC(=O)C1CCC(C)CC1.Cl. The number of ether oxygens (including phenoxy) is 1. The average molecular weight is 193 g/mol. The molecule has 0 aromatic rings. The third-order valence-electron chi connectivity index (χ3n) is 2.55. The third-order valence-corrected chi connectivity index (χ3v) is 2.55. The second kappa shape index (κ2) is 5.41. The lowest BCUT2D eigenvalue weighted by atomic mass is 9.83. The van der Waals surface area contributed by atoms with Gasteiger partial charge in [0.15, 0.2) is 0 Å². The molecule has 2 nitrogen and oxygen atoms in total. The Kier molecular flexibility index (Phi) is 5.31. The number of carbonyl (C=O) groups excluding carboxylic acids is 1. The highest BCUT2D eigenvalue weighted by Crippen LogP contribution is 2.28. The first-order valence-electron chi connectivity index (χ1n) is 4.32. The Bertz CT molecular complexity index is 139. The third kappa shape index (κ3) is 3.02. The van der Waals surface area contributed by atoms with E-state index in [2.05, 4.69) is 11.7 Å². The summed E-state index contributed by atoms with van der Waals surface area (Å²) in [5.74, 6) is 0.976. The molecule has 1 aliphatic carbocycles. The molecular weight excluding hydrogens is 176 g/mol. The molecule has 0 N–H and O–H groups in total. The van der Waals surface area contributed by atoms with E-state index in [1.165, 1.54) is 20.0 Å². The number of hydrogen-bond donors (Lipinski definition) is 0. The number of methoxy groups -OCH3 is 1. The van der Waals surface area contributed by atoms with Gasteiger partial charge in [0.1, 0.15) is 0 Å². The van der Waals surface area contributed by atoms with Gasteiger partial charge in [0, 0.05) is 0 Å². The van der Waals surface area contributed by atoms with Crippen molar-refractivity contribution < 1.29 is 9.53 Å². The van der Waals surface area contributed by atoms with Gasteiger partial charge in [-0.3, -0.25) is 4.79 Å². The van der Waals surface area contributed by atoms with Crippen molar-refractivity contribution in [2.24, 2.45) is 11.8 Å². The van der Waals surface area contributed by atoms with Crippen molar-refractivity contribution in [2.75, 3.05) is 7.11 Å². The van der Waals surface area contributed by atoms with Crippen LogP contribution in [0, 0.1) is 11.8 Å². The lowest BCUT2D eigenvalue weighted by Gasteiger charge is -2.23. The van der Waals surface area contributed by atoms with E-state index in [1.54, 1.807) is 0 Å². The van der Waals surface area contributed by atoms with Crippen LogP contribution in [0.5, 0.6) is 0 Å². The van der Waals surface area contributed by atoms with E-state index in [9.17, 15) is 4.79 Å². The summed E-state index contributed by atoms with van der Waals surface area (Å²) in [6, 6.07) is 0. The van der Waals surface area contributed by atoms with Gasteiger partial charge in [0.2, 0.25) is 0 Å². The van der Waals surface area contributed by atoms with Crippen LogP contribution < -0.4 is 0 Å². The van der Waals surface area contributed by atoms with Gasteiger partial charge in [-0.25, -0.2) is 0 Å². The van der Waals surface area contributed by atoms with E-state index in [4.69, 9.17) is 0 Å². The Hall–Kier alpha value is -0.240. The van der Waals surface area contributed by atoms with E-state index in [1.807, 2.05) is 0 Å². The van der Waals surface area contributed by atoms with Crippen molar-refractivity contribution in [3.63, 3.8) is 0 Å². The Morgan fingerprint density at radius 3 is 2.17 bits per heavy atom. The molecule has 0 unspecified atom stereocenters. The first kappa shape index (κ1) is 11.8. The fourth-order valence-corrected chi connectivity index (χ4v) is 1.66. The summed E-state index contributed by atoms with van der Waals surface area (Å²) in [4.78, 5) is 11.1. The topological polar surface area (TPSA) is 26.3 Å². The monoisotopic (exact) mass is 192 g/mol. The van der Waals surface area contributed by atoms with E-state index in [0.717, 1.165) is 18.8 Å². The second-order valence-electron chi connectivity index (χ2n) is 3.48. The van der Waals surface area contributed by atoms with Gasteiger partial charge in [-0.1, -0.05) is 6.92 Å². The fourth-order valence-electron chi connectivity index (χ4n) is 1.66. The molecule has 0 amide bonds. The number of rotatable bonds is 1. The van der Waals surface area contributed by atoms with Gasteiger partial charge in [-0.2, -0.15) is 0 Å². The molecule has 0 radical (unpaired) electrons. The number of halogens is 1. The normalized spacial score (nSPS) is 28.8. The van der Waals surface area contributed by atoms with E-state index >= 15 is 0 Å². The summed E-state index contributed by atoms with van der Waals surface area (Å²) in [5, 5.41) is 0. The maximum Gasteiger partial charge on any atom is 0.308 e. The van der Waals surface area contributed by atoms with E-state index < -0.39 is 0 Å². The van der Waals surface area contributed by atoms with Crippen molar-refractivity contribution in [3.8, 4) is 0 Å². The predicted octanol–water partition coefficient (Wildman–Crippen LogP) is 2.41. The summed E-state index contributed by atoms with van der Waals surface area (Å²) < 4.78 is 4.69. The van der Waals surface area contributed by atoms with Crippen LogP contribution in [0.2, 0.25) is 0 Å². The van der Waals surface area contributed by atoms with E-state index in [0.29, 0.717) is 0 Å². The molecule has 0 heterocycles. The van der Waals surface area contributed by atoms with Crippen molar-refractivity contribution in [3.05, 3.63) is 0 Å². The smallest absolute Gasteiger partial charge is 0.308 e. The summed E-state index contributed by atoms with van der Waals surface area (Å²) >= 11 is 0. The molecule has 0 saturated heterocycles. The van der Waals surface area contributed by atoms with Crippen molar-refractivity contribution in [2.45, 2.75) is 32.6 Å². The molecule has 0 aromatic heterocycles. The largest absolute Gasteiger partial charge is 0.469 e. The summed E-state index contributed by atoms with van der Waals surface area (Å²) in [6.45, 7) is 2.24. The Morgan fingerprint density at radius 2 is 1.75 bits per heavy atom. The number of hydrogen-bond acceptors (Lipinski definition) is 2. The van der Waals surface area contributed by atoms with Gasteiger partial charge in [0.25, 0.3) is 0 Å². The van der Waals surface area contributed by atoms with Crippen LogP contribution in [0.25, 0.3) is 0 Å². The van der Waals surface area contributed by atoms with Gasteiger partial charge in [-0.05, 0) is 31.6 Å². The molecule has 0 spiro atoms. The maximum atomic E-state index is 11.1. The predicted molar refractivity (Wildman–Crippen MR) is 50.4 cm³/mol. The Labute approximate surface area is 80.1 Å². The molecule has 0 aromatic carbocycles. The van der Waals surface area contributed by atoms with Crippen LogP contribution in [0.4, 0.5) is 0 Å². The van der Waals surface area contributed by atoms with Crippen LogP contribution in [-0.4, -0.2) is 13.1 Å². The first-order chi connectivity index (χ1) is 5.24. The Morgan fingerprint density at radius 1 is 1.25 bits per heavy atom. The highest BCUT2D eigenvalue weighted by molar-refractivity contribution is 5.85. The van der Waals surface area contributed by atoms with Gasteiger partial charge >= 0.3 is 5.97 Å². The van der Waals surface area contributed by atoms with E-state index in [-0.39, 0.29) is 24.3 Å². The van der Waals surface area contributed by atoms with Crippen LogP contribution in [-0.2, 0) is 9.53 Å². The van der Waals surface area contributed by atoms with Crippen molar-refractivity contribution >= 4 is 18.4 Å². The maximum absolute atomic E-state index is 11.1. The standard InChI is InChI=1S/C9H16O2.ClH/c1-7-3-5-8(6-4-7)9(10)11-2;/h7-8H,3-6H2,1-2H3;1H. The molecular formula is C9H17ClO2. The molecule has 0 aliphatic heterocycles. The van der Waals surface area contributed by atoms with Crippen LogP contribution in [0.1, 0.15) is 32.6 Å². The zero-order chi connectivity index (χ0) is 8.27. The number of carbonyl (C=O) groups is 1. The highest BCUT2D eigenvalue weighted by Gasteiger charge is 2.24. The van der Waals surface area contributed by atoms with Gasteiger partial charge in [-0.15, -0.1) is 12.4 Å². The minimum absolute atomic E-state index is 0. The molecule has 12 heavy (non-hydrogen) atoms. The van der Waals surface area contributed by atoms with Gasteiger partial charge < -0.3 is 4.74 Å². The highest BCUT2D eigenvalue weighted by atomic mass is 35.5. The summed E-state index contributed by atoms with van der Waals surface area (Å²) in [6.07, 6.45) is 4.40. The molecule has 3 heteroatoms. The Balaban J connectivity index is 0.00000121. The molecule has 1 saturated carbocycles. The van der Waals surface area contributed by atoms with Crippen LogP contribution in [0.15, 0.2) is 0 Å². The molecule has 0 bridgehead atoms. The fraction of sp³-hybridized carbons (Fsp3) is 0.889. The second-order valence-corrected chi connectivity index (χ2v) is 3.48.